The SMILES string of the molecule is CC1(C)c2ccccc2-c2cc(-c3c4ccccc4c(-c4ccc5c6c(cccc46)CC5)c4ccc(-c5cccc6ccccc56)cc34)ccc21.CC1(C)c2ccccc2-c2cc(-c3c4ccccc4c(-c4ccccn4)c4ccc(-c5cccc6ccccc56)cc34)ccc21.CC1(C)c2ccccc2-c2cc(-c3c4ccccc4c(-c4nccc5ccccc45)c4ccc(-c5cccc6ccccc56)cc34)ccc21. The van der Waals surface area contributed by atoms with Crippen molar-refractivity contribution in [2.75, 3.05) is 0 Å². The molecule has 682 valence electrons. The Balaban J connectivity index is 0.000000106. The summed E-state index contributed by atoms with van der Waals surface area (Å²) in [5.41, 5.74) is 41.4. The molecular weight excluding hydrogens is 1750 g/mol. The van der Waals surface area contributed by atoms with Gasteiger partial charge in [0.15, 0.2) is 0 Å². The van der Waals surface area contributed by atoms with Crippen molar-refractivity contribution < 1.29 is 0 Å². The molecule has 0 radical (unpaired) electrons. The summed E-state index contributed by atoms with van der Waals surface area (Å²) in [6.07, 6.45) is 6.11. The lowest BCUT2D eigenvalue weighted by Crippen LogP contribution is -2.14. The quantitative estimate of drug-likeness (QED) is 0.135. The zero-order valence-electron chi connectivity index (χ0n) is 81.8. The third-order valence-corrected chi connectivity index (χ3v) is 33.0. The van der Waals surface area contributed by atoms with Crippen LogP contribution in [0.2, 0.25) is 0 Å². The molecule has 0 fully saturated rings. The maximum absolute atomic E-state index is 5.09. The molecule has 145 heavy (non-hydrogen) atoms. The zero-order valence-corrected chi connectivity index (χ0v) is 81.8. The number of nitrogens with zero attached hydrogens (tertiary/aromatic N) is 2. The molecule has 2 heteroatoms. The van der Waals surface area contributed by atoms with Gasteiger partial charge in [0, 0.05) is 45.2 Å². The van der Waals surface area contributed by atoms with Crippen molar-refractivity contribution in [1.82, 2.24) is 9.97 Å². The highest BCUT2D eigenvalue weighted by Gasteiger charge is 2.40. The number of hydrogen-bond acceptors (Lipinski definition) is 2. The third kappa shape index (κ3) is 13.4. The predicted molar refractivity (Wildman–Crippen MR) is 617 cm³/mol. The molecule has 4 aliphatic carbocycles. The van der Waals surface area contributed by atoms with Crippen LogP contribution in [-0.4, -0.2) is 9.97 Å². The molecule has 26 aromatic rings. The summed E-state index contributed by atoms with van der Waals surface area (Å²) in [6.45, 7) is 14.1. The first-order valence-corrected chi connectivity index (χ1v) is 51.2. The van der Waals surface area contributed by atoms with E-state index in [1.165, 1.54) is 285 Å². The van der Waals surface area contributed by atoms with E-state index >= 15 is 0 Å². The van der Waals surface area contributed by atoms with E-state index in [0.717, 1.165) is 24.2 Å². The molecule has 0 saturated heterocycles. The van der Waals surface area contributed by atoms with Gasteiger partial charge in [-0.25, -0.2) is 0 Å². The molecular formula is C143H100N2. The number of benzene rings is 24. The standard InChI is InChI=1S/C51H36.C48H33N.C44H31N/c1-51(2)46-20-8-7-15-38(46)44-30-35(25-28-47(44)51)49-40-16-5-6-17-41(40)50(42-26-23-33-22-21-32-13-10-19-39(42)48(32)33)43-27-24-34(29-45(43)49)37-18-9-12-31-11-3-4-14-36(31)37;1-48(2)43-21-10-9-17-37(43)41-29-33(23-25-44(41)48)45-38-18-7-8-19-39(38)46(47-36-16-6-4-13-31(36)26-27-49-47)40-24-22-32(28-42(40)45)35-20-11-14-30-12-3-5-15-34(30)35;1-44(2)39-19-8-7-15-33(39)37-27-30(22-24-40(37)44)42-34-16-5-6-17-35(34)43(41-20-9-10-25-45-41)36-23-21-29(26-38(36)42)32-18-11-13-28-12-3-4-14-31(28)32/h3-20,23-30H,21-22H2,1-2H3;3-29H,1-2H3;3-27H,1-2H3. The molecule has 2 heterocycles. The maximum atomic E-state index is 5.09. The van der Waals surface area contributed by atoms with Crippen LogP contribution in [0, 0.1) is 0 Å². The molecule has 0 aliphatic heterocycles. The van der Waals surface area contributed by atoms with Crippen LogP contribution in [0.5, 0.6) is 0 Å². The Kier molecular flexibility index (Phi) is 19.6. The Morgan fingerprint density at radius 3 is 0.897 bits per heavy atom. The fourth-order valence-electron chi connectivity index (χ4n) is 26.1. The first kappa shape index (κ1) is 85.4. The highest BCUT2D eigenvalue weighted by Crippen LogP contribution is 2.58. The Hall–Kier alpha value is -17.6. The summed E-state index contributed by atoms with van der Waals surface area (Å²) in [4.78, 5) is 9.95. The number of aromatic nitrogens is 2. The lowest BCUT2D eigenvalue weighted by molar-refractivity contribution is 0.660. The van der Waals surface area contributed by atoms with Gasteiger partial charge in [-0.05, 0) is 336 Å². The predicted octanol–water partition coefficient (Wildman–Crippen LogP) is 38.6. The van der Waals surface area contributed by atoms with Gasteiger partial charge in [0.2, 0.25) is 0 Å². The van der Waals surface area contributed by atoms with Crippen LogP contribution in [0.4, 0.5) is 0 Å². The minimum atomic E-state index is -0.0416. The Bertz CT molecular complexity index is 9960. The van der Waals surface area contributed by atoms with Gasteiger partial charge in [-0.2, -0.15) is 0 Å². The van der Waals surface area contributed by atoms with Gasteiger partial charge in [0.1, 0.15) is 0 Å². The molecule has 4 aliphatic rings. The summed E-state index contributed by atoms with van der Waals surface area (Å²) >= 11 is 0. The number of pyridine rings is 2. The summed E-state index contributed by atoms with van der Waals surface area (Å²) in [6, 6.07) is 171. The fourth-order valence-corrected chi connectivity index (χ4v) is 26.1. The zero-order chi connectivity index (χ0) is 96.7. The van der Waals surface area contributed by atoms with Gasteiger partial charge in [0.25, 0.3) is 0 Å². The monoisotopic (exact) mass is 1840 g/mol. The van der Waals surface area contributed by atoms with Crippen molar-refractivity contribution in [3.05, 3.63) is 518 Å². The molecule has 2 aromatic heterocycles. The largest absolute Gasteiger partial charge is 0.256 e. The number of aryl methyl sites for hydroxylation is 2. The highest BCUT2D eigenvalue weighted by atomic mass is 14.7. The molecule has 30 rings (SSSR count). The van der Waals surface area contributed by atoms with Crippen LogP contribution < -0.4 is 0 Å². The average Bonchev–Trinajstić information content (AvgIpc) is 1.70. The number of hydrogen-bond donors (Lipinski definition) is 0. The van der Waals surface area contributed by atoms with Crippen LogP contribution >= 0.6 is 0 Å². The van der Waals surface area contributed by atoms with E-state index in [9.17, 15) is 0 Å². The van der Waals surface area contributed by atoms with Crippen LogP contribution in [0.25, 0.3) is 252 Å². The minimum absolute atomic E-state index is 0.0288. The van der Waals surface area contributed by atoms with Gasteiger partial charge < -0.3 is 0 Å². The molecule has 0 unspecified atom stereocenters. The van der Waals surface area contributed by atoms with Crippen molar-refractivity contribution in [2.45, 2.75) is 70.6 Å². The molecule has 2 nitrogen and oxygen atoms in total. The van der Waals surface area contributed by atoms with Gasteiger partial charge >= 0.3 is 0 Å². The van der Waals surface area contributed by atoms with Gasteiger partial charge in [-0.15, -0.1) is 0 Å². The Morgan fingerprint density at radius 2 is 0.469 bits per heavy atom. The topological polar surface area (TPSA) is 25.8 Å². The smallest absolute Gasteiger partial charge is 0.0792 e. The number of rotatable bonds is 9. The maximum Gasteiger partial charge on any atom is 0.0792 e. The van der Waals surface area contributed by atoms with Gasteiger partial charge in [-0.3, -0.25) is 9.97 Å². The van der Waals surface area contributed by atoms with Crippen molar-refractivity contribution >= 4 is 118 Å². The van der Waals surface area contributed by atoms with E-state index < -0.39 is 0 Å². The van der Waals surface area contributed by atoms with E-state index in [1.54, 1.807) is 0 Å². The second-order valence-electron chi connectivity index (χ2n) is 41.7. The second-order valence-corrected chi connectivity index (χ2v) is 41.7. The van der Waals surface area contributed by atoms with E-state index in [1.807, 2.05) is 18.5 Å². The Labute approximate surface area is 844 Å². The normalized spacial score (nSPS) is 13.6. The summed E-state index contributed by atoms with van der Waals surface area (Å²) in [5.74, 6) is 0. The van der Waals surface area contributed by atoms with Gasteiger partial charge in [0.05, 0.1) is 11.4 Å². The van der Waals surface area contributed by atoms with Crippen molar-refractivity contribution in [2.24, 2.45) is 0 Å². The highest BCUT2D eigenvalue weighted by molar-refractivity contribution is 6.28. The molecule has 0 saturated carbocycles. The van der Waals surface area contributed by atoms with Crippen LogP contribution in [0.15, 0.2) is 473 Å². The molecule has 0 bridgehead atoms. The molecule has 0 N–H and O–H groups in total. The van der Waals surface area contributed by atoms with Crippen molar-refractivity contribution in [3.8, 4) is 134 Å². The molecule has 24 aromatic carbocycles. The van der Waals surface area contributed by atoms with E-state index in [0.29, 0.717) is 0 Å². The van der Waals surface area contributed by atoms with Crippen molar-refractivity contribution in [3.63, 3.8) is 0 Å². The second kappa shape index (κ2) is 33.3. The summed E-state index contributed by atoms with van der Waals surface area (Å²) < 4.78 is 0. The first-order chi connectivity index (χ1) is 71.2. The minimum Gasteiger partial charge on any atom is -0.256 e. The lowest BCUT2D eigenvalue weighted by atomic mass is 9.81. The van der Waals surface area contributed by atoms with Crippen molar-refractivity contribution in [1.29, 1.82) is 0 Å². The van der Waals surface area contributed by atoms with Crippen LogP contribution in [0.3, 0.4) is 0 Å². The lowest BCUT2D eigenvalue weighted by Gasteiger charge is -2.22. The summed E-state index contributed by atoms with van der Waals surface area (Å²) in [7, 11) is 0. The van der Waals surface area contributed by atoms with E-state index in [2.05, 4.69) is 497 Å². The Morgan fingerprint density at radius 1 is 0.166 bits per heavy atom. The number of fused-ring (bicyclic) bond motifs is 19. The fraction of sp³-hybridized carbons (Fsp3) is 0.0769. The summed E-state index contributed by atoms with van der Waals surface area (Å²) in [5, 5.41) is 27.8. The van der Waals surface area contributed by atoms with Crippen LogP contribution in [-0.2, 0) is 29.1 Å². The molecule has 0 atom stereocenters. The van der Waals surface area contributed by atoms with E-state index in [4.69, 9.17) is 9.97 Å². The average molecular weight is 1850 g/mol. The van der Waals surface area contributed by atoms with Crippen LogP contribution in [0.1, 0.15) is 86.1 Å². The van der Waals surface area contributed by atoms with E-state index in [-0.39, 0.29) is 16.2 Å². The first-order valence-electron chi connectivity index (χ1n) is 51.2. The molecule has 0 spiro atoms. The third-order valence-electron chi connectivity index (χ3n) is 33.0. The van der Waals surface area contributed by atoms with Gasteiger partial charge in [-0.1, -0.05) is 448 Å². The molecule has 0 amide bonds.